The van der Waals surface area contributed by atoms with E-state index < -0.39 is 0 Å². The number of H-pyrrole nitrogens is 1. The van der Waals surface area contributed by atoms with Gasteiger partial charge in [-0.1, -0.05) is 37.3 Å². The Balaban J connectivity index is 2.35. The minimum absolute atomic E-state index is 0.275. The number of hydrogen-bond acceptors (Lipinski definition) is 3. The monoisotopic (exact) mass is 276 g/mol. The molecule has 0 saturated carbocycles. The Labute approximate surface area is 119 Å². The summed E-state index contributed by atoms with van der Waals surface area (Å²) in [5.74, 6) is 1.00. The maximum Gasteiger partial charge on any atom is 0.195 e. The molecule has 0 bridgehead atoms. The zero-order valence-corrected chi connectivity index (χ0v) is 12.4. The van der Waals surface area contributed by atoms with E-state index in [4.69, 9.17) is 12.2 Å². The Bertz CT molecular complexity index is 571. The molecule has 0 spiro atoms. The second-order valence-electron chi connectivity index (χ2n) is 4.85. The molecule has 0 fully saturated rings. The lowest BCUT2D eigenvalue weighted by Crippen LogP contribution is -2.23. The van der Waals surface area contributed by atoms with Gasteiger partial charge in [0.15, 0.2) is 4.77 Å². The summed E-state index contributed by atoms with van der Waals surface area (Å²) in [6.07, 6.45) is 1.00. The summed E-state index contributed by atoms with van der Waals surface area (Å²) < 4.78 is 2.76. The summed E-state index contributed by atoms with van der Waals surface area (Å²) in [5, 5.41) is 7.32. The van der Waals surface area contributed by atoms with Gasteiger partial charge in [-0.2, -0.15) is 5.10 Å². The first kappa shape index (κ1) is 14.0. The number of nitrogens with one attached hydrogen (secondary N) is 1. The molecule has 5 heteroatoms. The van der Waals surface area contributed by atoms with Crippen LogP contribution in [0, 0.1) is 4.77 Å². The Kier molecular flexibility index (Phi) is 4.50. The third-order valence-corrected chi connectivity index (χ3v) is 3.59. The van der Waals surface area contributed by atoms with Crippen LogP contribution in [0.2, 0.25) is 0 Å². The van der Waals surface area contributed by atoms with Crippen molar-refractivity contribution < 1.29 is 0 Å². The molecule has 0 amide bonds. The summed E-state index contributed by atoms with van der Waals surface area (Å²) in [7, 11) is 4.14. The van der Waals surface area contributed by atoms with Crippen LogP contribution in [-0.4, -0.2) is 33.8 Å². The van der Waals surface area contributed by atoms with Gasteiger partial charge >= 0.3 is 0 Å². The van der Waals surface area contributed by atoms with Gasteiger partial charge in [-0.15, -0.1) is 0 Å². The number of rotatable bonds is 5. The van der Waals surface area contributed by atoms with Crippen molar-refractivity contribution in [3.05, 3.63) is 46.5 Å². The van der Waals surface area contributed by atoms with Crippen molar-refractivity contribution >= 4 is 12.2 Å². The molecule has 0 aliphatic rings. The topological polar surface area (TPSA) is 36.9 Å². The van der Waals surface area contributed by atoms with Gasteiger partial charge in [0.2, 0.25) is 0 Å². The number of nitrogens with zero attached hydrogens (tertiary/aromatic N) is 3. The molecule has 19 heavy (non-hydrogen) atoms. The van der Waals surface area contributed by atoms with Crippen LogP contribution < -0.4 is 0 Å². The molecule has 1 heterocycles. The molecular formula is C14H20N4S. The maximum atomic E-state index is 5.35. The van der Waals surface area contributed by atoms with Gasteiger partial charge in [0, 0.05) is 0 Å². The van der Waals surface area contributed by atoms with E-state index >= 15 is 0 Å². The van der Waals surface area contributed by atoms with Gasteiger partial charge < -0.3 is 0 Å². The van der Waals surface area contributed by atoms with Gasteiger partial charge in [0.1, 0.15) is 5.82 Å². The molecule has 1 aromatic heterocycles. The first-order valence-corrected chi connectivity index (χ1v) is 6.89. The summed E-state index contributed by atoms with van der Waals surface area (Å²) in [6, 6.07) is 10.6. The molecule has 0 aliphatic carbocycles. The minimum atomic E-state index is 0.275. The van der Waals surface area contributed by atoms with E-state index in [2.05, 4.69) is 52.8 Å². The highest BCUT2D eigenvalue weighted by Crippen LogP contribution is 2.20. The van der Waals surface area contributed by atoms with Crippen molar-refractivity contribution in [3.8, 4) is 0 Å². The average molecular weight is 276 g/mol. The van der Waals surface area contributed by atoms with E-state index in [0.717, 1.165) is 18.8 Å². The molecule has 1 atom stereocenters. The van der Waals surface area contributed by atoms with Crippen LogP contribution in [0.4, 0.5) is 0 Å². The first-order chi connectivity index (χ1) is 9.13. The standard InChI is InChI=1S/C14H20N4S/c1-4-12(17(2)3)13-15-16-14(19)18(13)10-11-8-6-5-7-9-11/h5-9,12H,4,10H2,1-3H3,(H,16,19)/t12-/m0/s1. The number of aromatic nitrogens is 3. The van der Waals surface area contributed by atoms with Crippen molar-refractivity contribution in [2.45, 2.75) is 25.9 Å². The van der Waals surface area contributed by atoms with E-state index in [9.17, 15) is 0 Å². The lowest BCUT2D eigenvalue weighted by Gasteiger charge is -2.22. The lowest BCUT2D eigenvalue weighted by molar-refractivity contribution is 0.273. The summed E-state index contributed by atoms with van der Waals surface area (Å²) >= 11 is 5.35. The SMILES string of the molecule is CC[C@@H](c1n[nH]c(=S)n1Cc1ccccc1)N(C)C. The molecule has 2 rings (SSSR count). The lowest BCUT2D eigenvalue weighted by atomic mass is 10.2. The van der Waals surface area contributed by atoms with Crippen molar-refractivity contribution in [1.29, 1.82) is 0 Å². The zero-order chi connectivity index (χ0) is 13.8. The van der Waals surface area contributed by atoms with E-state index in [1.807, 2.05) is 18.2 Å². The molecule has 1 N–H and O–H groups in total. The molecule has 4 nitrogen and oxygen atoms in total. The molecule has 102 valence electrons. The smallest absolute Gasteiger partial charge is 0.195 e. The van der Waals surface area contributed by atoms with Gasteiger partial charge in [-0.25, -0.2) is 0 Å². The van der Waals surface area contributed by atoms with Crippen molar-refractivity contribution in [2.75, 3.05) is 14.1 Å². The van der Waals surface area contributed by atoms with Crippen LogP contribution in [0.25, 0.3) is 0 Å². The third kappa shape index (κ3) is 3.11. The molecular weight excluding hydrogens is 256 g/mol. The number of benzene rings is 1. The summed E-state index contributed by atoms with van der Waals surface area (Å²) in [5.41, 5.74) is 1.23. The number of aromatic amines is 1. The van der Waals surface area contributed by atoms with Gasteiger partial charge in [0.25, 0.3) is 0 Å². The minimum Gasteiger partial charge on any atom is -0.300 e. The Morgan fingerprint density at radius 3 is 2.58 bits per heavy atom. The van der Waals surface area contributed by atoms with Gasteiger partial charge in [0.05, 0.1) is 12.6 Å². The van der Waals surface area contributed by atoms with E-state index in [1.54, 1.807) is 0 Å². The summed E-state index contributed by atoms with van der Waals surface area (Å²) in [4.78, 5) is 2.17. The predicted molar refractivity (Wildman–Crippen MR) is 79.7 cm³/mol. The van der Waals surface area contributed by atoms with Crippen LogP contribution in [0.1, 0.15) is 30.8 Å². The second kappa shape index (κ2) is 6.12. The maximum absolute atomic E-state index is 5.35. The number of hydrogen-bond donors (Lipinski definition) is 1. The van der Waals surface area contributed by atoms with Crippen LogP contribution in [-0.2, 0) is 6.54 Å². The van der Waals surface area contributed by atoms with Crippen LogP contribution >= 0.6 is 12.2 Å². The van der Waals surface area contributed by atoms with Crippen LogP contribution in [0.3, 0.4) is 0 Å². The van der Waals surface area contributed by atoms with Crippen molar-refractivity contribution in [1.82, 2.24) is 19.7 Å². The van der Waals surface area contributed by atoms with Crippen LogP contribution in [0.15, 0.2) is 30.3 Å². The second-order valence-corrected chi connectivity index (χ2v) is 5.23. The average Bonchev–Trinajstić information content (AvgIpc) is 2.74. The molecule has 1 aromatic carbocycles. The van der Waals surface area contributed by atoms with Gasteiger partial charge in [-0.3, -0.25) is 14.6 Å². The van der Waals surface area contributed by atoms with Gasteiger partial charge in [-0.05, 0) is 38.3 Å². The highest BCUT2D eigenvalue weighted by molar-refractivity contribution is 7.71. The third-order valence-electron chi connectivity index (χ3n) is 3.28. The molecule has 0 unspecified atom stereocenters. The fourth-order valence-electron chi connectivity index (χ4n) is 2.28. The largest absolute Gasteiger partial charge is 0.300 e. The molecule has 0 aliphatic heterocycles. The normalized spacial score (nSPS) is 12.8. The van der Waals surface area contributed by atoms with Crippen LogP contribution in [0.5, 0.6) is 0 Å². The van der Waals surface area contributed by atoms with E-state index in [-0.39, 0.29) is 6.04 Å². The summed E-state index contributed by atoms with van der Waals surface area (Å²) in [6.45, 7) is 2.92. The Morgan fingerprint density at radius 1 is 1.32 bits per heavy atom. The predicted octanol–water partition coefficient (Wildman–Crippen LogP) is 3.00. The fraction of sp³-hybridized carbons (Fsp3) is 0.429. The Morgan fingerprint density at radius 2 is 2.00 bits per heavy atom. The fourth-order valence-corrected chi connectivity index (χ4v) is 2.49. The molecule has 2 aromatic rings. The molecule has 0 radical (unpaired) electrons. The first-order valence-electron chi connectivity index (χ1n) is 6.49. The van der Waals surface area contributed by atoms with E-state index in [0.29, 0.717) is 4.77 Å². The van der Waals surface area contributed by atoms with Crippen molar-refractivity contribution in [3.63, 3.8) is 0 Å². The highest BCUT2D eigenvalue weighted by atomic mass is 32.1. The zero-order valence-electron chi connectivity index (χ0n) is 11.6. The van der Waals surface area contributed by atoms with E-state index in [1.165, 1.54) is 5.56 Å². The molecule has 0 saturated heterocycles. The highest BCUT2D eigenvalue weighted by Gasteiger charge is 2.19. The van der Waals surface area contributed by atoms with Crippen molar-refractivity contribution in [2.24, 2.45) is 0 Å². The Hall–Kier alpha value is -1.46. The quantitative estimate of drug-likeness (QED) is 0.853.